The quantitative estimate of drug-likeness (QED) is 0.424. The van der Waals surface area contributed by atoms with E-state index in [0.717, 1.165) is 0 Å². The van der Waals surface area contributed by atoms with Gasteiger partial charge in [-0.25, -0.2) is 0 Å². The van der Waals surface area contributed by atoms with Gasteiger partial charge in [-0.3, -0.25) is 0 Å². The molecule has 0 fully saturated rings. The Bertz CT molecular complexity index is 17.6. The fourth-order valence-corrected chi connectivity index (χ4v) is 0. The molecule has 0 atom stereocenters. The molecular weight excluding hydrogens is 75.0 g/mol. The standard InChI is InChI=1S/C2H4.2CH3.Al/c1-2;;;/h1-2H2;2*1H3;. The first kappa shape index (κ1) is 5.53. The van der Waals surface area contributed by atoms with Crippen LogP contribution in [0.1, 0.15) is 0 Å². The highest BCUT2D eigenvalue weighted by atomic mass is 27.2. The van der Waals surface area contributed by atoms with Crippen LogP contribution < -0.4 is 0 Å². The lowest BCUT2D eigenvalue weighted by molar-refractivity contribution is 1.63. The average molecular weight is 85.1 g/mol. The minimum absolute atomic E-state index is 0.261. The highest BCUT2D eigenvalue weighted by molar-refractivity contribution is 6.55. The van der Waals surface area contributed by atoms with Crippen LogP contribution in [0, 0.1) is 6.92 Å². The first-order valence-corrected chi connectivity index (χ1v) is 5.19. The van der Waals surface area contributed by atoms with Crippen molar-refractivity contribution < 1.29 is 0 Å². The zero-order chi connectivity index (χ0) is 4.28. The molecule has 0 N–H and O–H groups in total. The van der Waals surface area contributed by atoms with E-state index in [4.69, 9.17) is 0 Å². The Morgan fingerprint density at radius 3 is 1.80 bits per heavy atom. The van der Waals surface area contributed by atoms with Gasteiger partial charge in [-0.1, -0.05) is 12.2 Å². The maximum atomic E-state index is 3.75. The topological polar surface area (TPSA) is 0 Å². The molecule has 0 bridgehead atoms. The molecule has 0 nitrogen and oxygen atoms in total. The van der Waals surface area contributed by atoms with Gasteiger partial charge in [-0.05, 0) is 0 Å². The summed E-state index contributed by atoms with van der Waals surface area (Å²) in [6.07, 6.45) is 0. The third-order valence-electron chi connectivity index (χ3n) is 0.577. The molecule has 0 aromatic carbocycles. The molecule has 0 unspecified atom stereocenters. The zero-order valence-corrected chi connectivity index (χ0v) is 5.15. The normalized spacial score (nSPS) is 7.80. The Kier molecular flexibility index (Phi) is 3.05. The van der Waals surface area contributed by atoms with Gasteiger partial charge in [-0.2, -0.15) is 0 Å². The predicted octanol–water partition coefficient (Wildman–Crippen LogP) is 1.57. The highest BCUT2D eigenvalue weighted by Crippen LogP contribution is 1.83. The van der Waals surface area contributed by atoms with Gasteiger partial charge in [0.15, 0.2) is 0 Å². The molecule has 1 heteroatoms. The van der Waals surface area contributed by atoms with Crippen molar-refractivity contribution in [3.63, 3.8) is 0 Å². The molecule has 1 radical (unpaired) electrons. The van der Waals surface area contributed by atoms with Gasteiger partial charge in [0.2, 0.25) is 0 Å². The van der Waals surface area contributed by atoms with E-state index < -0.39 is 0 Å². The second kappa shape index (κ2) is 2.75. The third-order valence-corrected chi connectivity index (χ3v) is 1.73. The van der Waals surface area contributed by atoms with E-state index >= 15 is 0 Å². The lowest BCUT2D eigenvalue weighted by atomic mass is 11.0. The molecule has 0 aromatic heterocycles. The first-order chi connectivity index (χ1) is 2.27. The van der Waals surface area contributed by atoms with Gasteiger partial charge < -0.3 is 0 Å². The van der Waals surface area contributed by atoms with Crippen molar-refractivity contribution >= 4 is 14.1 Å². The molecule has 0 spiro atoms. The van der Waals surface area contributed by atoms with E-state index in [9.17, 15) is 0 Å². The van der Waals surface area contributed by atoms with Crippen LogP contribution in [0.5, 0.6) is 0 Å². The van der Waals surface area contributed by atoms with Gasteiger partial charge in [-0.15, -0.1) is 11.6 Å². The summed E-state index contributed by atoms with van der Waals surface area (Å²) >= 11 is -0.261. The van der Waals surface area contributed by atoms with Crippen molar-refractivity contribution in [1.82, 2.24) is 0 Å². The van der Waals surface area contributed by atoms with Crippen LogP contribution in [0.3, 0.4) is 0 Å². The van der Waals surface area contributed by atoms with E-state index in [1.807, 2.05) is 0 Å². The number of hydrogen-bond donors (Lipinski definition) is 0. The summed E-state index contributed by atoms with van der Waals surface area (Å²) in [6, 6.07) is 0. The molecule has 5 heavy (non-hydrogen) atoms. The SMILES string of the molecule is [CH2][CH2][Al]([CH3])[CH3]. The molecule has 0 saturated carbocycles. The molecule has 29 valence electrons. The summed E-state index contributed by atoms with van der Waals surface area (Å²) in [6.45, 7) is 3.75. The summed E-state index contributed by atoms with van der Waals surface area (Å²) in [4.78, 5) is 0. The molecule has 0 rings (SSSR count). The monoisotopic (exact) mass is 85.1 g/mol. The lowest BCUT2D eigenvalue weighted by Crippen LogP contribution is -1.92. The van der Waals surface area contributed by atoms with Crippen molar-refractivity contribution in [2.24, 2.45) is 0 Å². The predicted molar refractivity (Wildman–Crippen MR) is 27.6 cm³/mol. The minimum atomic E-state index is -0.261. The summed E-state index contributed by atoms with van der Waals surface area (Å²) in [7, 11) is 0. The van der Waals surface area contributed by atoms with E-state index in [2.05, 4.69) is 18.5 Å². The average Bonchev–Trinajstić information content (AvgIpc) is 1.38. The fourth-order valence-electron chi connectivity index (χ4n) is 0. The van der Waals surface area contributed by atoms with Crippen LogP contribution in [0.4, 0.5) is 0 Å². The van der Waals surface area contributed by atoms with Crippen LogP contribution in [0.25, 0.3) is 0 Å². The van der Waals surface area contributed by atoms with Crippen LogP contribution in [0.2, 0.25) is 16.9 Å². The second-order valence-corrected chi connectivity index (χ2v) is 5.05. The molecule has 0 heterocycles. The Hall–Kier alpha value is 0.532. The molecular formula is C4H10Al. The van der Waals surface area contributed by atoms with Crippen molar-refractivity contribution in [2.75, 3.05) is 0 Å². The summed E-state index contributed by atoms with van der Waals surface area (Å²) < 4.78 is 0. The highest BCUT2D eigenvalue weighted by Gasteiger charge is 1.91. The van der Waals surface area contributed by atoms with E-state index in [1.165, 1.54) is 5.28 Å². The Morgan fingerprint density at radius 1 is 1.60 bits per heavy atom. The largest absolute Gasteiger partial charge is 0.255 e. The maximum absolute atomic E-state index is 3.75. The minimum Gasteiger partial charge on any atom is -0.106 e. The third kappa shape index (κ3) is 4.53. The van der Waals surface area contributed by atoms with Gasteiger partial charge in [0.1, 0.15) is 0 Å². The summed E-state index contributed by atoms with van der Waals surface area (Å²) in [5.41, 5.74) is 0. The van der Waals surface area contributed by atoms with E-state index in [1.54, 1.807) is 0 Å². The lowest BCUT2D eigenvalue weighted by Gasteiger charge is -1.80. The van der Waals surface area contributed by atoms with E-state index in [-0.39, 0.29) is 14.1 Å². The van der Waals surface area contributed by atoms with Crippen molar-refractivity contribution in [2.45, 2.75) is 16.9 Å². The van der Waals surface area contributed by atoms with Crippen LogP contribution in [-0.2, 0) is 0 Å². The second-order valence-electron chi connectivity index (χ2n) is 1.68. The number of hydrogen-bond acceptors (Lipinski definition) is 0. The van der Waals surface area contributed by atoms with Gasteiger partial charge in [0.25, 0.3) is 14.1 Å². The smallest absolute Gasteiger partial charge is 0.106 e. The number of rotatable bonds is 1. The van der Waals surface area contributed by atoms with Crippen molar-refractivity contribution in [3.05, 3.63) is 6.92 Å². The molecule has 0 aliphatic heterocycles. The Labute approximate surface area is 38.6 Å². The fraction of sp³-hybridized carbons (Fsp3) is 0.750. The van der Waals surface area contributed by atoms with Crippen molar-refractivity contribution in [1.29, 1.82) is 0 Å². The summed E-state index contributed by atoms with van der Waals surface area (Å²) in [5, 5.41) is 1.19. The molecule has 0 aromatic rings. The zero-order valence-electron chi connectivity index (χ0n) is 3.99. The van der Waals surface area contributed by atoms with Crippen LogP contribution in [0.15, 0.2) is 0 Å². The molecule has 0 aliphatic rings. The van der Waals surface area contributed by atoms with Gasteiger partial charge >= 0.3 is 0 Å². The van der Waals surface area contributed by atoms with Gasteiger partial charge in [0.05, 0.1) is 0 Å². The molecule has 0 saturated heterocycles. The molecule has 0 amide bonds. The Morgan fingerprint density at radius 2 is 1.80 bits per heavy atom. The van der Waals surface area contributed by atoms with Gasteiger partial charge in [0, 0.05) is 0 Å². The molecule has 0 aliphatic carbocycles. The van der Waals surface area contributed by atoms with Crippen LogP contribution in [-0.4, -0.2) is 14.1 Å². The first-order valence-electron chi connectivity index (χ1n) is 2.06. The van der Waals surface area contributed by atoms with Crippen LogP contribution >= 0.6 is 0 Å². The summed E-state index contributed by atoms with van der Waals surface area (Å²) in [5.74, 6) is 4.60. The Balaban J connectivity index is 2.54. The van der Waals surface area contributed by atoms with Crippen molar-refractivity contribution in [3.8, 4) is 0 Å². The maximum Gasteiger partial charge on any atom is 0.255 e. The van der Waals surface area contributed by atoms with E-state index in [0.29, 0.717) is 0 Å².